The maximum Gasteiger partial charge on any atom is 0.224 e. The molecule has 0 bridgehead atoms. The van der Waals surface area contributed by atoms with E-state index in [4.69, 9.17) is 0 Å². The van der Waals surface area contributed by atoms with Gasteiger partial charge in [0.25, 0.3) is 0 Å². The van der Waals surface area contributed by atoms with Crippen molar-refractivity contribution in [3.05, 3.63) is 54.6 Å². The number of carbonyl (C=O) groups excluding carboxylic acids is 1. The van der Waals surface area contributed by atoms with Crippen LogP contribution in [0, 0.1) is 11.8 Å². The van der Waals surface area contributed by atoms with Gasteiger partial charge in [0.2, 0.25) is 5.91 Å². The van der Waals surface area contributed by atoms with E-state index >= 15 is 0 Å². The van der Waals surface area contributed by atoms with E-state index in [1.807, 2.05) is 54.6 Å². The molecular formula is C21H27N3O. The van der Waals surface area contributed by atoms with Crippen molar-refractivity contribution in [3.63, 3.8) is 0 Å². The van der Waals surface area contributed by atoms with Crippen LogP contribution in [0.4, 0.5) is 17.1 Å². The van der Waals surface area contributed by atoms with Gasteiger partial charge >= 0.3 is 0 Å². The molecule has 0 radical (unpaired) electrons. The zero-order valence-corrected chi connectivity index (χ0v) is 14.8. The topological polar surface area (TPSA) is 53.2 Å². The fourth-order valence-corrected chi connectivity index (χ4v) is 3.45. The Morgan fingerprint density at radius 2 is 1.72 bits per heavy atom. The van der Waals surface area contributed by atoms with Gasteiger partial charge in [-0.2, -0.15) is 0 Å². The first kappa shape index (κ1) is 17.5. The summed E-state index contributed by atoms with van der Waals surface area (Å²) in [5.41, 5.74) is 2.84. The van der Waals surface area contributed by atoms with Crippen molar-refractivity contribution in [3.8, 4) is 0 Å². The third-order valence-electron chi connectivity index (χ3n) is 4.90. The molecule has 0 saturated carbocycles. The summed E-state index contributed by atoms with van der Waals surface area (Å²) in [6, 6.07) is 17.9. The summed E-state index contributed by atoms with van der Waals surface area (Å²) in [6.45, 7) is 4.34. The van der Waals surface area contributed by atoms with Crippen molar-refractivity contribution in [2.45, 2.75) is 26.2 Å². The molecule has 1 saturated heterocycles. The van der Waals surface area contributed by atoms with E-state index in [-0.39, 0.29) is 5.91 Å². The van der Waals surface area contributed by atoms with E-state index in [9.17, 15) is 4.79 Å². The quantitative estimate of drug-likeness (QED) is 0.732. The van der Waals surface area contributed by atoms with E-state index in [0.717, 1.165) is 30.2 Å². The predicted octanol–water partition coefficient (Wildman–Crippen LogP) is 4.39. The van der Waals surface area contributed by atoms with Crippen molar-refractivity contribution >= 4 is 23.0 Å². The average Bonchev–Trinajstić information content (AvgIpc) is 2.63. The second-order valence-corrected chi connectivity index (χ2v) is 6.89. The molecule has 1 fully saturated rings. The minimum absolute atomic E-state index is 0.0999. The van der Waals surface area contributed by atoms with Crippen LogP contribution in [0.5, 0.6) is 0 Å². The lowest BCUT2D eigenvalue weighted by atomic mass is 9.84. The van der Waals surface area contributed by atoms with Gasteiger partial charge in [-0.1, -0.05) is 31.2 Å². The number of hydrogen-bond acceptors (Lipinski definition) is 3. The molecular weight excluding hydrogens is 310 g/mol. The molecule has 0 aromatic heterocycles. The van der Waals surface area contributed by atoms with Crippen LogP contribution < -0.4 is 16.0 Å². The molecule has 1 amide bonds. The van der Waals surface area contributed by atoms with E-state index in [2.05, 4.69) is 22.9 Å². The molecule has 3 N–H and O–H groups in total. The highest BCUT2D eigenvalue weighted by Crippen LogP contribution is 2.25. The third-order valence-corrected chi connectivity index (χ3v) is 4.90. The van der Waals surface area contributed by atoms with Gasteiger partial charge in [0, 0.05) is 23.5 Å². The van der Waals surface area contributed by atoms with Crippen LogP contribution in [-0.4, -0.2) is 19.0 Å². The van der Waals surface area contributed by atoms with Gasteiger partial charge in [-0.25, -0.2) is 0 Å². The Balaban J connectivity index is 1.55. The third kappa shape index (κ3) is 5.33. The number of piperidine rings is 1. The number of amides is 1. The van der Waals surface area contributed by atoms with Crippen molar-refractivity contribution in [1.82, 2.24) is 5.32 Å². The van der Waals surface area contributed by atoms with Gasteiger partial charge in [0.1, 0.15) is 0 Å². The molecule has 1 aliphatic rings. The summed E-state index contributed by atoms with van der Waals surface area (Å²) in [5.74, 6) is 1.17. The number of rotatable bonds is 6. The summed E-state index contributed by atoms with van der Waals surface area (Å²) < 4.78 is 0. The lowest BCUT2D eigenvalue weighted by Crippen LogP contribution is -2.32. The number of anilines is 3. The van der Waals surface area contributed by atoms with Crippen LogP contribution in [0.2, 0.25) is 0 Å². The number of para-hydroxylation sites is 1. The Morgan fingerprint density at radius 1 is 1.04 bits per heavy atom. The largest absolute Gasteiger partial charge is 0.355 e. The van der Waals surface area contributed by atoms with E-state index < -0.39 is 0 Å². The molecule has 0 aliphatic carbocycles. The molecule has 1 atom stereocenters. The predicted molar refractivity (Wildman–Crippen MR) is 104 cm³/mol. The molecule has 25 heavy (non-hydrogen) atoms. The summed E-state index contributed by atoms with van der Waals surface area (Å²) in [7, 11) is 0. The second-order valence-electron chi connectivity index (χ2n) is 6.89. The Kier molecular flexibility index (Phi) is 6.07. The van der Waals surface area contributed by atoms with Gasteiger partial charge in [-0.15, -0.1) is 0 Å². The fraction of sp³-hybridized carbons (Fsp3) is 0.381. The van der Waals surface area contributed by atoms with Crippen LogP contribution in [0.15, 0.2) is 54.6 Å². The molecule has 1 unspecified atom stereocenters. The zero-order valence-electron chi connectivity index (χ0n) is 14.8. The Morgan fingerprint density at radius 3 is 2.48 bits per heavy atom. The summed E-state index contributed by atoms with van der Waals surface area (Å²) >= 11 is 0. The molecule has 2 aromatic rings. The minimum Gasteiger partial charge on any atom is -0.355 e. The van der Waals surface area contributed by atoms with Crippen LogP contribution in [0.3, 0.4) is 0 Å². The van der Waals surface area contributed by atoms with Crippen molar-refractivity contribution in [1.29, 1.82) is 0 Å². The lowest BCUT2D eigenvalue weighted by molar-refractivity contribution is -0.117. The van der Waals surface area contributed by atoms with Crippen molar-refractivity contribution in [2.75, 3.05) is 23.7 Å². The molecule has 0 spiro atoms. The van der Waals surface area contributed by atoms with Gasteiger partial charge < -0.3 is 16.0 Å². The highest BCUT2D eigenvalue weighted by molar-refractivity contribution is 5.91. The van der Waals surface area contributed by atoms with Gasteiger partial charge in [0.05, 0.1) is 0 Å². The standard InChI is InChI=1S/C21H27N3O/c1-16(17-10-12-22-13-11-17)14-21(25)24-20-9-5-8-19(15-20)23-18-6-3-2-4-7-18/h2-9,15-17,22-23H,10-14H2,1H3,(H,24,25). The summed E-state index contributed by atoms with van der Waals surface area (Å²) in [5, 5.41) is 9.78. The first-order valence-electron chi connectivity index (χ1n) is 9.13. The first-order valence-corrected chi connectivity index (χ1v) is 9.13. The van der Waals surface area contributed by atoms with Crippen LogP contribution in [-0.2, 0) is 4.79 Å². The Labute approximate surface area is 150 Å². The average molecular weight is 337 g/mol. The second kappa shape index (κ2) is 8.67. The SMILES string of the molecule is CC(CC(=O)Nc1cccc(Nc2ccccc2)c1)C1CCNCC1. The highest BCUT2D eigenvalue weighted by Gasteiger charge is 2.22. The Bertz CT molecular complexity index is 681. The maximum atomic E-state index is 12.4. The first-order chi connectivity index (χ1) is 12.2. The van der Waals surface area contributed by atoms with Gasteiger partial charge in [-0.05, 0) is 68.1 Å². The van der Waals surface area contributed by atoms with E-state index in [1.165, 1.54) is 12.8 Å². The number of carbonyl (C=O) groups is 1. The van der Waals surface area contributed by atoms with E-state index in [1.54, 1.807) is 0 Å². The van der Waals surface area contributed by atoms with Crippen molar-refractivity contribution in [2.24, 2.45) is 11.8 Å². The summed E-state index contributed by atoms with van der Waals surface area (Å²) in [4.78, 5) is 12.4. The molecule has 1 aliphatic heterocycles. The minimum atomic E-state index is 0.0999. The molecule has 132 valence electrons. The fourth-order valence-electron chi connectivity index (χ4n) is 3.45. The molecule has 3 rings (SSSR count). The zero-order chi connectivity index (χ0) is 17.5. The van der Waals surface area contributed by atoms with Crippen LogP contribution >= 0.6 is 0 Å². The Hall–Kier alpha value is -2.33. The molecule has 2 aromatic carbocycles. The monoisotopic (exact) mass is 337 g/mol. The van der Waals surface area contributed by atoms with Crippen LogP contribution in [0.25, 0.3) is 0 Å². The summed E-state index contributed by atoms with van der Waals surface area (Å²) in [6.07, 6.45) is 2.93. The van der Waals surface area contributed by atoms with Crippen molar-refractivity contribution < 1.29 is 4.79 Å². The molecule has 1 heterocycles. The van der Waals surface area contributed by atoms with Gasteiger partial charge in [-0.3, -0.25) is 4.79 Å². The molecule has 4 nitrogen and oxygen atoms in total. The number of nitrogens with one attached hydrogen (secondary N) is 3. The lowest BCUT2D eigenvalue weighted by Gasteiger charge is -2.27. The maximum absolute atomic E-state index is 12.4. The van der Waals surface area contributed by atoms with Crippen LogP contribution in [0.1, 0.15) is 26.2 Å². The van der Waals surface area contributed by atoms with Gasteiger partial charge in [0.15, 0.2) is 0 Å². The number of benzene rings is 2. The molecule has 4 heteroatoms. The van der Waals surface area contributed by atoms with E-state index in [0.29, 0.717) is 18.3 Å². The smallest absolute Gasteiger partial charge is 0.224 e. The number of hydrogen-bond donors (Lipinski definition) is 3. The highest BCUT2D eigenvalue weighted by atomic mass is 16.1. The normalized spacial score (nSPS) is 16.2.